The Labute approximate surface area is 186 Å². The molecule has 2 aromatic carbocycles. The lowest BCUT2D eigenvalue weighted by atomic mass is 10.1. The van der Waals surface area contributed by atoms with Crippen LogP contribution < -0.4 is 15.4 Å². The summed E-state index contributed by atoms with van der Waals surface area (Å²) in [4.78, 5) is 6.81. The van der Waals surface area contributed by atoms with Crippen molar-refractivity contribution in [2.45, 2.75) is 32.9 Å². The lowest BCUT2D eigenvalue weighted by molar-refractivity contribution is 0.0341. The highest BCUT2D eigenvalue weighted by Gasteiger charge is 2.12. The van der Waals surface area contributed by atoms with E-state index in [4.69, 9.17) is 9.47 Å². The van der Waals surface area contributed by atoms with Crippen LogP contribution in [-0.4, -0.2) is 57.4 Å². The van der Waals surface area contributed by atoms with E-state index >= 15 is 0 Å². The Morgan fingerprint density at radius 2 is 1.74 bits per heavy atom. The standard InChI is InChI=1S/C25H36N4O2/c1-21-9-11-24(12-10-21)31-16-6-5-13-27-25(26-2)28-19-22-7-3-4-8-23(22)20-29-14-17-30-18-15-29/h3-4,7-12H,5-6,13-20H2,1-2H3,(H2,26,27,28). The molecule has 1 saturated heterocycles. The molecule has 3 rings (SSSR count). The molecule has 0 radical (unpaired) electrons. The number of aliphatic imine (C=N–C) groups is 1. The van der Waals surface area contributed by atoms with Gasteiger partial charge in [-0.15, -0.1) is 0 Å². The van der Waals surface area contributed by atoms with Crippen molar-refractivity contribution < 1.29 is 9.47 Å². The van der Waals surface area contributed by atoms with E-state index in [1.165, 1.54) is 16.7 Å². The highest BCUT2D eigenvalue weighted by Crippen LogP contribution is 2.13. The van der Waals surface area contributed by atoms with Crippen molar-refractivity contribution in [2.24, 2.45) is 4.99 Å². The minimum atomic E-state index is 0.728. The lowest BCUT2D eigenvalue weighted by Crippen LogP contribution is -2.38. The number of benzene rings is 2. The molecular weight excluding hydrogens is 388 g/mol. The summed E-state index contributed by atoms with van der Waals surface area (Å²) in [7, 11) is 1.81. The number of aryl methyl sites for hydroxylation is 1. The molecule has 1 heterocycles. The zero-order chi connectivity index (χ0) is 21.7. The minimum Gasteiger partial charge on any atom is -0.494 e. The SMILES string of the molecule is CN=C(NCCCCOc1ccc(C)cc1)NCc1ccccc1CN1CCOCC1. The van der Waals surface area contributed by atoms with Crippen molar-refractivity contribution in [1.29, 1.82) is 0 Å². The van der Waals surface area contributed by atoms with Gasteiger partial charge in [0.2, 0.25) is 0 Å². The molecule has 6 heteroatoms. The van der Waals surface area contributed by atoms with Gasteiger partial charge in [-0.1, -0.05) is 42.0 Å². The molecule has 1 fully saturated rings. The molecule has 0 aromatic heterocycles. The third-order valence-electron chi connectivity index (χ3n) is 5.44. The molecule has 1 aliphatic heterocycles. The highest BCUT2D eigenvalue weighted by atomic mass is 16.5. The second-order valence-electron chi connectivity index (χ2n) is 7.88. The summed E-state index contributed by atoms with van der Waals surface area (Å²) in [5.74, 6) is 1.77. The number of morpholine rings is 1. The van der Waals surface area contributed by atoms with Gasteiger partial charge in [0.1, 0.15) is 5.75 Å². The predicted molar refractivity (Wildman–Crippen MR) is 127 cm³/mol. The van der Waals surface area contributed by atoms with Gasteiger partial charge in [0.05, 0.1) is 19.8 Å². The van der Waals surface area contributed by atoms with E-state index in [1.807, 2.05) is 19.2 Å². The van der Waals surface area contributed by atoms with Crippen molar-refractivity contribution in [3.8, 4) is 5.75 Å². The van der Waals surface area contributed by atoms with Gasteiger partial charge in [-0.2, -0.15) is 0 Å². The van der Waals surface area contributed by atoms with Crippen molar-refractivity contribution in [1.82, 2.24) is 15.5 Å². The van der Waals surface area contributed by atoms with Crippen LogP contribution in [0.25, 0.3) is 0 Å². The average molecular weight is 425 g/mol. The fraction of sp³-hybridized carbons (Fsp3) is 0.480. The highest BCUT2D eigenvalue weighted by molar-refractivity contribution is 5.79. The summed E-state index contributed by atoms with van der Waals surface area (Å²) in [6.45, 7) is 9.05. The van der Waals surface area contributed by atoms with Crippen LogP contribution in [0.5, 0.6) is 5.75 Å². The Kier molecular flexibility index (Phi) is 9.67. The summed E-state index contributed by atoms with van der Waals surface area (Å²) in [6.07, 6.45) is 2.03. The molecule has 0 aliphatic carbocycles. The van der Waals surface area contributed by atoms with Crippen LogP contribution in [0, 0.1) is 6.92 Å². The Morgan fingerprint density at radius 1 is 1.00 bits per heavy atom. The maximum Gasteiger partial charge on any atom is 0.191 e. The summed E-state index contributed by atoms with van der Waals surface area (Å²) in [5, 5.41) is 6.85. The van der Waals surface area contributed by atoms with Crippen molar-refractivity contribution in [3.63, 3.8) is 0 Å². The molecule has 168 valence electrons. The molecule has 0 bridgehead atoms. The van der Waals surface area contributed by atoms with Crippen LogP contribution in [-0.2, 0) is 17.8 Å². The largest absolute Gasteiger partial charge is 0.494 e. The van der Waals surface area contributed by atoms with E-state index in [0.717, 1.165) is 77.1 Å². The van der Waals surface area contributed by atoms with Gasteiger partial charge >= 0.3 is 0 Å². The average Bonchev–Trinajstić information content (AvgIpc) is 2.81. The van der Waals surface area contributed by atoms with Gasteiger partial charge in [-0.25, -0.2) is 0 Å². The summed E-state index contributed by atoms with van der Waals surface area (Å²) < 4.78 is 11.3. The molecule has 0 atom stereocenters. The molecule has 1 aliphatic rings. The van der Waals surface area contributed by atoms with Gasteiger partial charge < -0.3 is 20.1 Å². The number of nitrogens with zero attached hydrogens (tertiary/aromatic N) is 2. The third kappa shape index (κ3) is 8.23. The van der Waals surface area contributed by atoms with Gasteiger partial charge in [-0.3, -0.25) is 9.89 Å². The third-order valence-corrected chi connectivity index (χ3v) is 5.44. The Hall–Kier alpha value is -2.57. The van der Waals surface area contributed by atoms with Crippen molar-refractivity contribution in [3.05, 3.63) is 65.2 Å². The fourth-order valence-electron chi connectivity index (χ4n) is 3.54. The fourth-order valence-corrected chi connectivity index (χ4v) is 3.54. The molecule has 0 unspecified atom stereocenters. The number of unbranched alkanes of at least 4 members (excludes halogenated alkanes) is 1. The molecular formula is C25H36N4O2. The van der Waals surface area contributed by atoms with Crippen LogP contribution in [0.15, 0.2) is 53.5 Å². The number of rotatable bonds is 10. The van der Waals surface area contributed by atoms with Crippen LogP contribution in [0.4, 0.5) is 0 Å². The van der Waals surface area contributed by atoms with Crippen molar-refractivity contribution in [2.75, 3.05) is 46.5 Å². The van der Waals surface area contributed by atoms with E-state index in [-0.39, 0.29) is 0 Å². The quantitative estimate of drug-likeness (QED) is 0.348. The molecule has 0 saturated carbocycles. The number of hydrogen-bond acceptors (Lipinski definition) is 4. The van der Waals surface area contributed by atoms with E-state index in [0.29, 0.717) is 0 Å². The van der Waals surface area contributed by atoms with Crippen molar-refractivity contribution >= 4 is 5.96 Å². The smallest absolute Gasteiger partial charge is 0.191 e. The molecule has 31 heavy (non-hydrogen) atoms. The van der Waals surface area contributed by atoms with Crippen LogP contribution in [0.3, 0.4) is 0 Å². The number of hydrogen-bond donors (Lipinski definition) is 2. The second-order valence-corrected chi connectivity index (χ2v) is 7.88. The lowest BCUT2D eigenvalue weighted by Gasteiger charge is -2.27. The van der Waals surface area contributed by atoms with Crippen LogP contribution in [0.2, 0.25) is 0 Å². The first-order valence-corrected chi connectivity index (χ1v) is 11.3. The molecule has 2 N–H and O–H groups in total. The number of guanidine groups is 1. The Morgan fingerprint density at radius 3 is 2.48 bits per heavy atom. The summed E-state index contributed by atoms with van der Waals surface area (Å²) >= 11 is 0. The molecule has 0 amide bonds. The maximum absolute atomic E-state index is 5.79. The second kappa shape index (κ2) is 13.0. The van der Waals surface area contributed by atoms with E-state index in [2.05, 4.69) is 63.8 Å². The van der Waals surface area contributed by atoms with Gasteiger partial charge in [0.25, 0.3) is 0 Å². The van der Waals surface area contributed by atoms with E-state index in [1.54, 1.807) is 0 Å². The van der Waals surface area contributed by atoms with E-state index in [9.17, 15) is 0 Å². The predicted octanol–water partition coefficient (Wildman–Crippen LogP) is 3.35. The zero-order valence-corrected chi connectivity index (χ0v) is 18.9. The monoisotopic (exact) mass is 424 g/mol. The molecule has 0 spiro atoms. The first-order chi connectivity index (χ1) is 15.2. The van der Waals surface area contributed by atoms with E-state index < -0.39 is 0 Å². The normalized spacial score (nSPS) is 15.0. The van der Waals surface area contributed by atoms with Crippen LogP contribution in [0.1, 0.15) is 29.5 Å². The Bertz CT molecular complexity index is 801. The number of ether oxygens (including phenoxy) is 2. The topological polar surface area (TPSA) is 58.1 Å². The van der Waals surface area contributed by atoms with Gasteiger partial charge in [0.15, 0.2) is 5.96 Å². The summed E-state index contributed by atoms with van der Waals surface area (Å²) in [5.41, 5.74) is 3.92. The Balaban J connectivity index is 1.35. The first-order valence-electron chi connectivity index (χ1n) is 11.3. The number of nitrogens with one attached hydrogen (secondary N) is 2. The zero-order valence-electron chi connectivity index (χ0n) is 18.9. The molecule has 6 nitrogen and oxygen atoms in total. The molecule has 2 aromatic rings. The first kappa shape index (κ1) is 23.1. The summed E-state index contributed by atoms with van der Waals surface area (Å²) in [6, 6.07) is 16.8. The van der Waals surface area contributed by atoms with Gasteiger partial charge in [0, 0.05) is 39.8 Å². The maximum atomic E-state index is 5.79. The minimum absolute atomic E-state index is 0.728. The van der Waals surface area contributed by atoms with Crippen LogP contribution >= 0.6 is 0 Å². The van der Waals surface area contributed by atoms with Gasteiger partial charge in [-0.05, 0) is 43.0 Å².